The molecule has 1 saturated carbocycles. The number of amides is 1. The first-order valence-corrected chi connectivity index (χ1v) is 9.00. The van der Waals surface area contributed by atoms with E-state index in [9.17, 15) is 13.2 Å². The number of carbonyl (C=O) groups excluding carboxylic acids is 1. The van der Waals surface area contributed by atoms with Crippen LogP contribution in [0.4, 0.5) is 0 Å². The van der Waals surface area contributed by atoms with Crippen LogP contribution < -0.4 is 5.32 Å². The largest absolute Gasteiger partial charge is 0.438 e. The number of nitrogens with one attached hydrogen (secondary N) is 1. The number of sulfonamides is 1. The molecule has 1 N–H and O–H groups in total. The molecule has 7 nitrogen and oxygen atoms in total. The first kappa shape index (κ1) is 15.5. The second kappa shape index (κ2) is 6.39. The van der Waals surface area contributed by atoms with Gasteiger partial charge in [-0.15, -0.1) is 0 Å². The normalized spacial score (nSPS) is 21.1. The van der Waals surface area contributed by atoms with Gasteiger partial charge in [0.2, 0.25) is 5.09 Å². The SMILES string of the molecule is O=C(NC1CCCC1)c1ccc(S(=O)(=O)N2CCOCC2)o1. The lowest BCUT2D eigenvalue weighted by atomic mass is 10.2. The third-order valence-electron chi connectivity index (χ3n) is 4.06. The second-order valence-corrected chi connectivity index (χ2v) is 7.46. The van der Waals surface area contributed by atoms with Crippen molar-refractivity contribution in [3.05, 3.63) is 17.9 Å². The summed E-state index contributed by atoms with van der Waals surface area (Å²) in [6, 6.07) is 2.92. The molecule has 1 aromatic rings. The number of rotatable bonds is 4. The van der Waals surface area contributed by atoms with Crippen molar-refractivity contribution in [2.45, 2.75) is 36.8 Å². The molecule has 2 fully saturated rings. The molecule has 0 atom stereocenters. The number of hydrogen-bond acceptors (Lipinski definition) is 5. The van der Waals surface area contributed by atoms with E-state index in [1.54, 1.807) is 0 Å². The van der Waals surface area contributed by atoms with Crippen molar-refractivity contribution in [2.75, 3.05) is 26.3 Å². The molecule has 1 amide bonds. The average Bonchev–Trinajstić information content (AvgIpc) is 3.19. The number of furan rings is 1. The van der Waals surface area contributed by atoms with E-state index in [-0.39, 0.29) is 22.8 Å². The number of carbonyl (C=O) groups is 1. The predicted octanol–water partition coefficient (Wildman–Crippen LogP) is 0.973. The van der Waals surface area contributed by atoms with Crippen molar-refractivity contribution in [3.63, 3.8) is 0 Å². The van der Waals surface area contributed by atoms with Crippen molar-refractivity contribution in [1.29, 1.82) is 0 Å². The van der Waals surface area contributed by atoms with E-state index in [0.29, 0.717) is 26.3 Å². The highest BCUT2D eigenvalue weighted by atomic mass is 32.2. The van der Waals surface area contributed by atoms with Gasteiger partial charge in [-0.1, -0.05) is 12.8 Å². The monoisotopic (exact) mass is 328 g/mol. The molecule has 1 aromatic heterocycles. The fourth-order valence-corrected chi connectivity index (χ4v) is 4.14. The first-order valence-electron chi connectivity index (χ1n) is 7.56. The molecule has 3 rings (SSSR count). The van der Waals surface area contributed by atoms with Gasteiger partial charge in [0.25, 0.3) is 15.9 Å². The number of nitrogens with zero attached hydrogens (tertiary/aromatic N) is 1. The lowest BCUT2D eigenvalue weighted by Crippen LogP contribution is -2.40. The van der Waals surface area contributed by atoms with Crippen LogP contribution >= 0.6 is 0 Å². The van der Waals surface area contributed by atoms with Gasteiger partial charge in [-0.05, 0) is 25.0 Å². The molecule has 0 spiro atoms. The molecule has 0 bridgehead atoms. The van der Waals surface area contributed by atoms with Gasteiger partial charge in [-0.3, -0.25) is 4.79 Å². The smallest absolute Gasteiger partial charge is 0.287 e. The van der Waals surface area contributed by atoms with Crippen LogP contribution in [0, 0.1) is 0 Å². The molecule has 0 radical (unpaired) electrons. The Morgan fingerprint density at radius 3 is 2.55 bits per heavy atom. The third-order valence-corrected chi connectivity index (χ3v) is 5.83. The zero-order valence-electron chi connectivity index (χ0n) is 12.3. The molecule has 2 aliphatic rings. The fourth-order valence-electron chi connectivity index (χ4n) is 2.82. The summed E-state index contributed by atoms with van der Waals surface area (Å²) in [6.07, 6.45) is 4.15. The summed E-state index contributed by atoms with van der Waals surface area (Å²) in [5.74, 6) is -0.311. The fraction of sp³-hybridized carbons (Fsp3) is 0.643. The molecule has 0 aromatic carbocycles. The summed E-state index contributed by atoms with van der Waals surface area (Å²) in [7, 11) is -3.70. The Morgan fingerprint density at radius 1 is 1.18 bits per heavy atom. The Labute approximate surface area is 129 Å². The van der Waals surface area contributed by atoms with Crippen LogP contribution in [0.1, 0.15) is 36.2 Å². The maximum absolute atomic E-state index is 12.4. The Kier molecular flexibility index (Phi) is 4.51. The summed E-state index contributed by atoms with van der Waals surface area (Å²) in [6.45, 7) is 1.34. The zero-order valence-corrected chi connectivity index (χ0v) is 13.1. The van der Waals surface area contributed by atoms with Gasteiger partial charge < -0.3 is 14.5 Å². The minimum absolute atomic E-state index is 0.0405. The molecule has 0 unspecified atom stereocenters. The Morgan fingerprint density at radius 2 is 1.86 bits per heavy atom. The van der Waals surface area contributed by atoms with Crippen molar-refractivity contribution >= 4 is 15.9 Å². The van der Waals surface area contributed by atoms with Gasteiger partial charge in [0.15, 0.2) is 5.76 Å². The lowest BCUT2D eigenvalue weighted by Gasteiger charge is -2.24. The highest BCUT2D eigenvalue weighted by Gasteiger charge is 2.30. The van der Waals surface area contributed by atoms with Crippen molar-refractivity contribution < 1.29 is 22.4 Å². The second-order valence-electron chi connectivity index (χ2n) is 5.59. The third kappa shape index (κ3) is 3.18. The maximum atomic E-state index is 12.4. The quantitative estimate of drug-likeness (QED) is 0.890. The summed E-state index contributed by atoms with van der Waals surface area (Å²) < 4.78 is 36.6. The minimum atomic E-state index is -3.70. The van der Waals surface area contributed by atoms with Gasteiger partial charge in [0.05, 0.1) is 13.2 Å². The van der Waals surface area contributed by atoms with Gasteiger partial charge in [0, 0.05) is 19.1 Å². The van der Waals surface area contributed by atoms with E-state index in [4.69, 9.17) is 9.15 Å². The molecular weight excluding hydrogens is 308 g/mol. The highest BCUT2D eigenvalue weighted by molar-refractivity contribution is 7.89. The van der Waals surface area contributed by atoms with Crippen LogP contribution in [0.15, 0.2) is 21.6 Å². The number of morpholine rings is 1. The van der Waals surface area contributed by atoms with Gasteiger partial charge in [-0.2, -0.15) is 4.31 Å². The summed E-state index contributed by atoms with van der Waals surface area (Å²) >= 11 is 0. The van der Waals surface area contributed by atoms with E-state index >= 15 is 0 Å². The Bertz CT molecular complexity index is 627. The number of hydrogen-bond donors (Lipinski definition) is 1. The predicted molar refractivity (Wildman–Crippen MR) is 78.0 cm³/mol. The minimum Gasteiger partial charge on any atom is -0.438 e. The van der Waals surface area contributed by atoms with Crippen molar-refractivity contribution in [2.24, 2.45) is 0 Å². The van der Waals surface area contributed by atoms with E-state index in [1.807, 2.05) is 0 Å². The molecular formula is C14H20N2O5S. The van der Waals surface area contributed by atoms with Gasteiger partial charge in [0.1, 0.15) is 0 Å². The maximum Gasteiger partial charge on any atom is 0.287 e. The van der Waals surface area contributed by atoms with Gasteiger partial charge >= 0.3 is 0 Å². The van der Waals surface area contributed by atoms with E-state index in [2.05, 4.69) is 5.32 Å². The lowest BCUT2D eigenvalue weighted by molar-refractivity contribution is 0.0722. The van der Waals surface area contributed by atoms with E-state index in [1.165, 1.54) is 16.4 Å². The van der Waals surface area contributed by atoms with Crippen LogP contribution in [0.2, 0.25) is 0 Å². The van der Waals surface area contributed by atoms with E-state index in [0.717, 1.165) is 25.7 Å². The zero-order chi connectivity index (χ0) is 15.6. The summed E-state index contributed by atoms with van der Waals surface area (Å²) in [5.41, 5.74) is 0. The molecule has 1 aliphatic carbocycles. The van der Waals surface area contributed by atoms with Crippen molar-refractivity contribution in [1.82, 2.24) is 9.62 Å². The number of ether oxygens (including phenoxy) is 1. The topological polar surface area (TPSA) is 88.9 Å². The Hall–Kier alpha value is -1.38. The van der Waals surface area contributed by atoms with Crippen LogP contribution in [0.5, 0.6) is 0 Å². The summed E-state index contributed by atoms with van der Waals surface area (Å²) in [4.78, 5) is 12.1. The van der Waals surface area contributed by atoms with Crippen LogP contribution in [0.25, 0.3) is 0 Å². The van der Waals surface area contributed by atoms with Gasteiger partial charge in [-0.25, -0.2) is 8.42 Å². The van der Waals surface area contributed by atoms with Crippen LogP contribution in [0.3, 0.4) is 0 Å². The highest BCUT2D eigenvalue weighted by Crippen LogP contribution is 2.21. The first-order chi connectivity index (χ1) is 10.6. The molecule has 1 aliphatic heterocycles. The molecule has 2 heterocycles. The molecule has 122 valence electrons. The molecule has 22 heavy (non-hydrogen) atoms. The summed E-state index contributed by atoms with van der Waals surface area (Å²) in [5, 5.41) is 2.69. The Balaban J connectivity index is 1.70. The van der Waals surface area contributed by atoms with Crippen LogP contribution in [-0.2, 0) is 14.8 Å². The van der Waals surface area contributed by atoms with Crippen LogP contribution in [-0.4, -0.2) is 51.0 Å². The average molecular weight is 328 g/mol. The molecule has 1 saturated heterocycles. The van der Waals surface area contributed by atoms with E-state index < -0.39 is 10.0 Å². The van der Waals surface area contributed by atoms with Crippen molar-refractivity contribution in [3.8, 4) is 0 Å². The standard InChI is InChI=1S/C14H20N2O5S/c17-14(15-11-3-1-2-4-11)12-5-6-13(21-12)22(18,19)16-7-9-20-10-8-16/h5-6,11H,1-4,7-10H2,(H,15,17). The molecule has 8 heteroatoms.